The average molecular weight is 538 g/mol. The first-order valence-electron chi connectivity index (χ1n) is 11.6. The van der Waals surface area contributed by atoms with Gasteiger partial charge in [0.05, 0.1) is 18.2 Å². The summed E-state index contributed by atoms with van der Waals surface area (Å²) in [5.41, 5.74) is 5.41. The largest absolute Gasteiger partial charge is 0.513 e. The summed E-state index contributed by atoms with van der Waals surface area (Å²) in [5.74, 6) is 1.65. The number of methoxy groups -OCH3 is 1. The number of carbonyl (C=O) groups is 1. The van der Waals surface area contributed by atoms with Gasteiger partial charge in [0, 0.05) is 17.8 Å². The number of aryl methyl sites for hydroxylation is 1. The number of hydrogen-bond acceptors (Lipinski definition) is 6. The zero-order valence-corrected chi connectivity index (χ0v) is 21.5. The predicted molar refractivity (Wildman–Crippen MR) is 139 cm³/mol. The van der Waals surface area contributed by atoms with Crippen LogP contribution in [-0.2, 0) is 24.2 Å². The molecule has 0 bridgehead atoms. The third-order valence-electron chi connectivity index (χ3n) is 5.72. The van der Waals surface area contributed by atoms with Crippen molar-refractivity contribution in [1.82, 2.24) is 0 Å². The van der Waals surface area contributed by atoms with E-state index in [1.807, 2.05) is 48.5 Å². The van der Waals surface area contributed by atoms with E-state index in [1.165, 1.54) is 5.56 Å². The molecule has 4 rings (SSSR count). The van der Waals surface area contributed by atoms with Crippen molar-refractivity contribution in [3.8, 4) is 17.2 Å². The van der Waals surface area contributed by atoms with Gasteiger partial charge >= 0.3 is 6.16 Å². The maximum Gasteiger partial charge on any atom is 0.513 e. The number of nitrogens with zero attached hydrogens (tertiary/aromatic N) is 1. The summed E-state index contributed by atoms with van der Waals surface area (Å²) in [6.45, 7) is 3.21. The Bertz CT molecular complexity index is 1210. The number of hydrogen-bond donors (Lipinski definition) is 0. The highest BCUT2D eigenvalue weighted by atomic mass is 79.9. The Balaban J connectivity index is 1.44. The molecule has 0 fully saturated rings. The fourth-order valence-corrected chi connectivity index (χ4v) is 4.52. The zero-order valence-electron chi connectivity index (χ0n) is 19.9. The van der Waals surface area contributed by atoms with Crippen LogP contribution in [-0.4, -0.2) is 32.1 Å². The SMILES string of the molecule is CCOC(=O)Oc1cc2c(cc1OC)CCN=C2CCc1ccc(OCc2ccccc2)c(Br)c1. The number of ether oxygens (including phenoxy) is 4. The number of aliphatic imine (C=N–C) groups is 1. The summed E-state index contributed by atoms with van der Waals surface area (Å²) in [5, 5.41) is 0. The van der Waals surface area contributed by atoms with E-state index in [0.29, 0.717) is 18.1 Å². The molecule has 0 spiro atoms. The highest BCUT2D eigenvalue weighted by Crippen LogP contribution is 2.34. The van der Waals surface area contributed by atoms with Gasteiger partial charge in [-0.2, -0.15) is 0 Å². The second-order valence-corrected chi connectivity index (χ2v) is 8.92. The predicted octanol–water partition coefficient (Wildman–Crippen LogP) is 6.55. The minimum absolute atomic E-state index is 0.241. The molecule has 0 N–H and O–H groups in total. The van der Waals surface area contributed by atoms with E-state index in [1.54, 1.807) is 14.0 Å². The second kappa shape index (κ2) is 11.9. The van der Waals surface area contributed by atoms with E-state index < -0.39 is 6.16 Å². The number of rotatable bonds is 9. The lowest BCUT2D eigenvalue weighted by Crippen LogP contribution is -2.16. The summed E-state index contributed by atoms with van der Waals surface area (Å²) in [6.07, 6.45) is 1.64. The van der Waals surface area contributed by atoms with E-state index >= 15 is 0 Å². The lowest BCUT2D eigenvalue weighted by atomic mass is 9.93. The van der Waals surface area contributed by atoms with Gasteiger partial charge in [-0.3, -0.25) is 4.99 Å². The van der Waals surface area contributed by atoms with Crippen LogP contribution in [0.15, 0.2) is 70.1 Å². The Kier molecular flexibility index (Phi) is 8.42. The molecule has 0 radical (unpaired) electrons. The first-order chi connectivity index (χ1) is 17.1. The van der Waals surface area contributed by atoms with Crippen LogP contribution in [0.25, 0.3) is 0 Å². The highest BCUT2D eigenvalue weighted by Gasteiger charge is 2.20. The number of halogens is 1. The minimum Gasteiger partial charge on any atom is -0.493 e. The van der Waals surface area contributed by atoms with Crippen LogP contribution in [0.4, 0.5) is 4.79 Å². The fraction of sp³-hybridized carbons (Fsp3) is 0.286. The van der Waals surface area contributed by atoms with Crippen LogP contribution in [0.2, 0.25) is 0 Å². The molecule has 0 atom stereocenters. The molecule has 0 unspecified atom stereocenters. The Morgan fingerprint density at radius 3 is 2.54 bits per heavy atom. The van der Waals surface area contributed by atoms with E-state index in [-0.39, 0.29) is 6.61 Å². The molecule has 35 heavy (non-hydrogen) atoms. The van der Waals surface area contributed by atoms with Crippen LogP contribution < -0.4 is 14.2 Å². The van der Waals surface area contributed by atoms with Crippen molar-refractivity contribution in [3.05, 3.63) is 87.4 Å². The van der Waals surface area contributed by atoms with Crippen LogP contribution in [0.3, 0.4) is 0 Å². The number of fused-ring (bicyclic) bond motifs is 1. The van der Waals surface area contributed by atoms with Crippen molar-refractivity contribution in [3.63, 3.8) is 0 Å². The lowest BCUT2D eigenvalue weighted by molar-refractivity contribution is 0.103. The average Bonchev–Trinajstić information content (AvgIpc) is 2.87. The first kappa shape index (κ1) is 24.8. The zero-order chi connectivity index (χ0) is 24.6. The third-order valence-corrected chi connectivity index (χ3v) is 6.34. The normalized spacial score (nSPS) is 12.4. The Hall–Kier alpha value is -3.32. The van der Waals surface area contributed by atoms with Crippen molar-refractivity contribution in [2.24, 2.45) is 4.99 Å². The van der Waals surface area contributed by atoms with Gasteiger partial charge in [0.15, 0.2) is 11.5 Å². The molecule has 182 valence electrons. The van der Waals surface area contributed by atoms with Crippen molar-refractivity contribution < 1.29 is 23.7 Å². The molecular formula is C28H28BrNO5. The summed E-state index contributed by atoms with van der Waals surface area (Å²) in [7, 11) is 1.56. The summed E-state index contributed by atoms with van der Waals surface area (Å²) in [4.78, 5) is 16.7. The molecule has 0 amide bonds. The molecule has 0 aromatic heterocycles. The first-order valence-corrected chi connectivity index (χ1v) is 12.4. The molecule has 3 aromatic rings. The van der Waals surface area contributed by atoms with Gasteiger partial charge in [0.1, 0.15) is 12.4 Å². The standard InChI is InChI=1S/C28H28BrNO5/c1-3-33-28(31)35-27-17-22-21(16-26(27)32-2)13-14-30-24(22)11-9-19-10-12-25(23(29)15-19)34-18-20-7-5-4-6-8-20/h4-8,10,12,15-17H,3,9,11,13-14,18H2,1-2H3. The monoisotopic (exact) mass is 537 g/mol. The number of carbonyl (C=O) groups excluding carboxylic acids is 1. The van der Waals surface area contributed by atoms with Gasteiger partial charge in [-0.1, -0.05) is 36.4 Å². The smallest absolute Gasteiger partial charge is 0.493 e. The van der Waals surface area contributed by atoms with Gasteiger partial charge in [0.25, 0.3) is 0 Å². The van der Waals surface area contributed by atoms with E-state index in [0.717, 1.165) is 58.4 Å². The quantitative estimate of drug-likeness (QED) is 0.228. The molecule has 0 aliphatic carbocycles. The summed E-state index contributed by atoms with van der Waals surface area (Å²) in [6, 6.07) is 20.0. The maximum atomic E-state index is 11.9. The van der Waals surface area contributed by atoms with Crippen molar-refractivity contribution >= 4 is 27.8 Å². The van der Waals surface area contributed by atoms with Crippen LogP contribution in [0.1, 0.15) is 35.6 Å². The topological polar surface area (TPSA) is 66.4 Å². The molecular weight excluding hydrogens is 510 g/mol. The van der Waals surface area contributed by atoms with Crippen LogP contribution >= 0.6 is 15.9 Å². The Labute approximate surface area is 214 Å². The van der Waals surface area contributed by atoms with Crippen LogP contribution in [0.5, 0.6) is 17.2 Å². The van der Waals surface area contributed by atoms with Crippen molar-refractivity contribution in [2.75, 3.05) is 20.3 Å². The maximum absolute atomic E-state index is 11.9. The van der Waals surface area contributed by atoms with Gasteiger partial charge in [0.2, 0.25) is 0 Å². The van der Waals surface area contributed by atoms with E-state index in [2.05, 4.69) is 28.1 Å². The van der Waals surface area contributed by atoms with Crippen molar-refractivity contribution in [2.45, 2.75) is 32.8 Å². The molecule has 7 heteroatoms. The molecule has 1 aliphatic heterocycles. The van der Waals surface area contributed by atoms with E-state index in [4.69, 9.17) is 23.9 Å². The molecule has 1 aliphatic rings. The second-order valence-electron chi connectivity index (χ2n) is 8.06. The van der Waals surface area contributed by atoms with Gasteiger partial charge < -0.3 is 18.9 Å². The number of benzene rings is 3. The lowest BCUT2D eigenvalue weighted by Gasteiger charge is -2.20. The minimum atomic E-state index is -0.750. The third kappa shape index (κ3) is 6.42. The highest BCUT2D eigenvalue weighted by molar-refractivity contribution is 9.10. The molecule has 1 heterocycles. The molecule has 0 saturated heterocycles. The van der Waals surface area contributed by atoms with Gasteiger partial charge in [-0.15, -0.1) is 0 Å². The van der Waals surface area contributed by atoms with Gasteiger partial charge in [-0.25, -0.2) is 4.79 Å². The fourth-order valence-electron chi connectivity index (χ4n) is 3.98. The van der Waals surface area contributed by atoms with Crippen LogP contribution in [0, 0.1) is 0 Å². The molecule has 3 aromatic carbocycles. The van der Waals surface area contributed by atoms with Gasteiger partial charge in [-0.05, 0) is 83.1 Å². The summed E-state index contributed by atoms with van der Waals surface area (Å²) >= 11 is 3.64. The molecule has 0 saturated carbocycles. The van der Waals surface area contributed by atoms with E-state index in [9.17, 15) is 4.79 Å². The summed E-state index contributed by atoms with van der Waals surface area (Å²) < 4.78 is 22.6. The Morgan fingerprint density at radius 1 is 0.971 bits per heavy atom. The Morgan fingerprint density at radius 2 is 1.80 bits per heavy atom. The molecule has 6 nitrogen and oxygen atoms in total. The van der Waals surface area contributed by atoms with Crippen molar-refractivity contribution in [1.29, 1.82) is 0 Å².